The Kier molecular flexibility index (Phi) is 3.78. The number of hydrogen-bond acceptors (Lipinski definition) is 3. The quantitative estimate of drug-likeness (QED) is 0.811. The molecule has 18 heavy (non-hydrogen) atoms. The summed E-state index contributed by atoms with van der Waals surface area (Å²) in [7, 11) is 0. The summed E-state index contributed by atoms with van der Waals surface area (Å²) >= 11 is 5.95. The number of amides is 1. The van der Waals surface area contributed by atoms with Crippen LogP contribution < -0.4 is 11.1 Å². The molecule has 1 aliphatic heterocycles. The average molecular weight is 269 g/mol. The van der Waals surface area contributed by atoms with E-state index in [1.165, 1.54) is 0 Å². The van der Waals surface area contributed by atoms with Crippen LogP contribution in [-0.2, 0) is 9.53 Å². The molecule has 0 aromatic heterocycles. The molecule has 1 saturated heterocycles. The van der Waals surface area contributed by atoms with Crippen LogP contribution in [0.25, 0.3) is 0 Å². The molecule has 0 spiro atoms. The Hall–Kier alpha value is -1.26. The Labute approximate surface area is 111 Å². The summed E-state index contributed by atoms with van der Waals surface area (Å²) in [6.07, 6.45) is 0.907. The van der Waals surface area contributed by atoms with Crippen molar-refractivity contribution in [3.05, 3.63) is 22.7 Å². The van der Waals surface area contributed by atoms with E-state index < -0.39 is 0 Å². The fourth-order valence-corrected chi connectivity index (χ4v) is 2.24. The fourth-order valence-electron chi connectivity index (χ4n) is 2.07. The van der Waals surface area contributed by atoms with E-state index in [1.54, 1.807) is 12.1 Å². The summed E-state index contributed by atoms with van der Waals surface area (Å²) < 4.78 is 5.39. The number of anilines is 2. The molecule has 2 rings (SSSR count). The zero-order valence-corrected chi connectivity index (χ0v) is 11.3. The molecule has 2 atom stereocenters. The Bertz CT molecular complexity index is 476. The lowest BCUT2D eigenvalue weighted by Gasteiger charge is -2.13. The maximum atomic E-state index is 12.0. The van der Waals surface area contributed by atoms with E-state index in [9.17, 15) is 4.79 Å². The molecule has 98 valence electrons. The van der Waals surface area contributed by atoms with Crippen molar-refractivity contribution in [3.8, 4) is 0 Å². The summed E-state index contributed by atoms with van der Waals surface area (Å²) in [6, 6.07) is 3.44. The molecule has 1 aromatic rings. The zero-order valence-electron chi connectivity index (χ0n) is 10.5. The number of ether oxygens (including phenoxy) is 1. The van der Waals surface area contributed by atoms with Gasteiger partial charge in [-0.1, -0.05) is 11.6 Å². The summed E-state index contributed by atoms with van der Waals surface area (Å²) in [6.45, 7) is 4.34. The van der Waals surface area contributed by atoms with Gasteiger partial charge in [-0.25, -0.2) is 0 Å². The molecule has 0 aliphatic carbocycles. The van der Waals surface area contributed by atoms with Crippen LogP contribution in [0.4, 0.5) is 11.4 Å². The van der Waals surface area contributed by atoms with Crippen molar-refractivity contribution in [1.82, 2.24) is 0 Å². The van der Waals surface area contributed by atoms with Gasteiger partial charge in [0.15, 0.2) is 0 Å². The maximum Gasteiger partial charge on any atom is 0.229 e. The second-order valence-corrected chi connectivity index (χ2v) is 5.16. The highest BCUT2D eigenvalue weighted by atomic mass is 35.5. The van der Waals surface area contributed by atoms with Crippen LogP contribution >= 0.6 is 11.6 Å². The van der Waals surface area contributed by atoms with Crippen LogP contribution in [0.5, 0.6) is 0 Å². The predicted octanol–water partition coefficient (Wildman–Crippen LogP) is 2.59. The van der Waals surface area contributed by atoms with E-state index in [0.29, 0.717) is 23.0 Å². The number of hydrogen-bond donors (Lipinski definition) is 2. The molecule has 1 heterocycles. The van der Waals surface area contributed by atoms with E-state index in [4.69, 9.17) is 22.1 Å². The number of carbonyl (C=O) groups excluding carboxylic acids is 1. The first-order chi connectivity index (χ1) is 8.47. The molecule has 3 N–H and O–H groups in total. The first-order valence-corrected chi connectivity index (χ1v) is 6.33. The van der Waals surface area contributed by atoms with Crippen LogP contribution in [0, 0.1) is 12.8 Å². The number of nitrogens with two attached hydrogens (primary N) is 1. The van der Waals surface area contributed by atoms with Crippen molar-refractivity contribution in [2.45, 2.75) is 26.4 Å². The van der Waals surface area contributed by atoms with E-state index in [1.807, 2.05) is 13.8 Å². The second kappa shape index (κ2) is 5.16. The number of carbonyl (C=O) groups is 1. The number of benzene rings is 1. The number of nitrogens with one attached hydrogen (secondary N) is 1. The molecule has 2 unspecified atom stereocenters. The van der Waals surface area contributed by atoms with Crippen LogP contribution in [0.3, 0.4) is 0 Å². The van der Waals surface area contributed by atoms with Crippen LogP contribution in [0.2, 0.25) is 5.02 Å². The van der Waals surface area contributed by atoms with Crippen molar-refractivity contribution >= 4 is 28.9 Å². The fraction of sp³-hybridized carbons (Fsp3) is 0.462. The average Bonchev–Trinajstić information content (AvgIpc) is 2.73. The van der Waals surface area contributed by atoms with Gasteiger partial charge in [0.05, 0.1) is 29.3 Å². The molecule has 1 aromatic carbocycles. The topological polar surface area (TPSA) is 64.3 Å². The largest absolute Gasteiger partial charge is 0.398 e. The van der Waals surface area contributed by atoms with Crippen molar-refractivity contribution in [2.75, 3.05) is 17.7 Å². The Morgan fingerprint density at radius 2 is 2.28 bits per heavy atom. The first kappa shape index (κ1) is 13.2. The van der Waals surface area contributed by atoms with Gasteiger partial charge >= 0.3 is 0 Å². The van der Waals surface area contributed by atoms with Crippen LogP contribution in [0.1, 0.15) is 18.9 Å². The molecular weight excluding hydrogens is 252 g/mol. The molecule has 0 bridgehead atoms. The second-order valence-electron chi connectivity index (χ2n) is 4.75. The van der Waals surface area contributed by atoms with Gasteiger partial charge in [0.2, 0.25) is 5.91 Å². The van der Waals surface area contributed by atoms with Gasteiger partial charge in [-0.3, -0.25) is 4.79 Å². The minimum absolute atomic E-state index is 0.0247. The lowest BCUT2D eigenvalue weighted by Crippen LogP contribution is -2.23. The summed E-state index contributed by atoms with van der Waals surface area (Å²) in [5.74, 6) is -0.112. The number of nitrogen functional groups attached to an aromatic ring is 1. The van der Waals surface area contributed by atoms with Gasteiger partial charge in [-0.2, -0.15) is 0 Å². The minimum Gasteiger partial charge on any atom is -0.398 e. The lowest BCUT2D eigenvalue weighted by molar-refractivity contribution is -0.119. The smallest absolute Gasteiger partial charge is 0.229 e. The Morgan fingerprint density at radius 3 is 2.89 bits per heavy atom. The standard InChI is InChI=1S/C13H17ClN2O2/c1-7-3-11(15)10(14)5-12(7)16-13(17)9-4-8(2)18-6-9/h3,5,8-9H,4,6,15H2,1-2H3,(H,16,17). The van der Waals surface area contributed by atoms with E-state index >= 15 is 0 Å². The third-order valence-electron chi connectivity index (χ3n) is 3.17. The van der Waals surface area contributed by atoms with Crippen LogP contribution in [-0.4, -0.2) is 18.6 Å². The number of halogens is 1. The maximum absolute atomic E-state index is 12.0. The summed E-state index contributed by atoms with van der Waals surface area (Å²) in [4.78, 5) is 12.0. The molecular formula is C13H17ClN2O2. The highest BCUT2D eigenvalue weighted by Gasteiger charge is 2.28. The van der Waals surface area contributed by atoms with Gasteiger partial charge in [-0.15, -0.1) is 0 Å². The summed E-state index contributed by atoms with van der Waals surface area (Å²) in [5, 5.41) is 3.33. The van der Waals surface area contributed by atoms with Gasteiger partial charge in [0.1, 0.15) is 0 Å². The van der Waals surface area contributed by atoms with Gasteiger partial charge in [0, 0.05) is 5.69 Å². The van der Waals surface area contributed by atoms with Crippen molar-refractivity contribution in [1.29, 1.82) is 0 Å². The van der Waals surface area contributed by atoms with Crippen molar-refractivity contribution in [2.24, 2.45) is 5.92 Å². The normalized spacial score (nSPS) is 23.1. The third kappa shape index (κ3) is 2.76. The van der Waals surface area contributed by atoms with E-state index in [-0.39, 0.29) is 17.9 Å². The summed E-state index contributed by atoms with van der Waals surface area (Å²) in [5.41, 5.74) is 7.82. The molecule has 0 saturated carbocycles. The predicted molar refractivity (Wildman–Crippen MR) is 72.8 cm³/mol. The molecule has 4 nitrogen and oxygen atoms in total. The van der Waals surface area contributed by atoms with E-state index in [2.05, 4.69) is 5.32 Å². The SMILES string of the molecule is Cc1cc(N)c(Cl)cc1NC(=O)C1COC(C)C1. The van der Waals surface area contributed by atoms with Gasteiger partial charge in [-0.05, 0) is 38.0 Å². The van der Waals surface area contributed by atoms with Gasteiger partial charge < -0.3 is 15.8 Å². The minimum atomic E-state index is -0.0873. The molecule has 5 heteroatoms. The highest BCUT2D eigenvalue weighted by molar-refractivity contribution is 6.33. The first-order valence-electron chi connectivity index (χ1n) is 5.95. The molecule has 1 aliphatic rings. The third-order valence-corrected chi connectivity index (χ3v) is 3.50. The Balaban J connectivity index is 2.09. The molecule has 1 amide bonds. The Morgan fingerprint density at radius 1 is 1.56 bits per heavy atom. The van der Waals surface area contributed by atoms with E-state index in [0.717, 1.165) is 12.0 Å². The molecule has 1 fully saturated rings. The number of aryl methyl sites for hydroxylation is 1. The lowest BCUT2D eigenvalue weighted by atomic mass is 10.0. The zero-order chi connectivity index (χ0) is 13.3. The highest BCUT2D eigenvalue weighted by Crippen LogP contribution is 2.28. The van der Waals surface area contributed by atoms with Crippen molar-refractivity contribution < 1.29 is 9.53 Å². The van der Waals surface area contributed by atoms with Crippen LogP contribution in [0.15, 0.2) is 12.1 Å². The molecule has 0 radical (unpaired) electrons. The number of rotatable bonds is 2. The monoisotopic (exact) mass is 268 g/mol. The van der Waals surface area contributed by atoms with Crippen molar-refractivity contribution in [3.63, 3.8) is 0 Å². The van der Waals surface area contributed by atoms with Gasteiger partial charge in [0.25, 0.3) is 0 Å².